The van der Waals surface area contributed by atoms with Crippen molar-refractivity contribution in [1.29, 1.82) is 0 Å². The number of aromatic nitrogens is 2. The van der Waals surface area contributed by atoms with Crippen LogP contribution in [0.4, 0.5) is 0 Å². The maximum Gasteiger partial charge on any atom is 0.194 e. The quantitative estimate of drug-likeness (QED) is 0.887. The van der Waals surface area contributed by atoms with Crippen molar-refractivity contribution < 1.29 is 4.74 Å². The molecule has 2 aromatic rings. The SMILES string of the molecule is COC(C)CNCc1c(C)nc2sc(C)cn12. The smallest absolute Gasteiger partial charge is 0.194 e. The maximum atomic E-state index is 5.21. The van der Waals surface area contributed by atoms with Gasteiger partial charge >= 0.3 is 0 Å². The molecule has 0 aliphatic rings. The fraction of sp³-hybridized carbons (Fsp3) is 0.583. The summed E-state index contributed by atoms with van der Waals surface area (Å²) < 4.78 is 7.39. The molecule has 2 aromatic heterocycles. The van der Waals surface area contributed by atoms with Gasteiger partial charge in [-0.2, -0.15) is 0 Å². The number of nitrogens with zero attached hydrogens (tertiary/aromatic N) is 2. The second kappa shape index (κ2) is 5.16. The van der Waals surface area contributed by atoms with Gasteiger partial charge in [-0.3, -0.25) is 4.40 Å². The normalized spacial score (nSPS) is 13.4. The van der Waals surface area contributed by atoms with E-state index in [1.807, 2.05) is 0 Å². The van der Waals surface area contributed by atoms with Crippen LogP contribution >= 0.6 is 11.3 Å². The number of aryl methyl sites for hydroxylation is 2. The molecule has 0 aliphatic heterocycles. The van der Waals surface area contributed by atoms with Crippen LogP contribution in [0.15, 0.2) is 6.20 Å². The highest BCUT2D eigenvalue weighted by Gasteiger charge is 2.10. The molecule has 17 heavy (non-hydrogen) atoms. The van der Waals surface area contributed by atoms with Crippen molar-refractivity contribution in [3.8, 4) is 0 Å². The van der Waals surface area contributed by atoms with E-state index in [2.05, 4.69) is 41.7 Å². The Kier molecular flexibility index (Phi) is 3.81. The highest BCUT2D eigenvalue weighted by Crippen LogP contribution is 2.20. The standard InChI is InChI=1S/C12H19N3OS/c1-8(16-4)5-13-6-11-10(3)14-12-15(11)7-9(2)17-12/h7-8,13H,5-6H2,1-4H3. The van der Waals surface area contributed by atoms with Gasteiger partial charge in [-0.05, 0) is 20.8 Å². The lowest BCUT2D eigenvalue weighted by atomic mass is 10.3. The molecule has 94 valence electrons. The van der Waals surface area contributed by atoms with Gasteiger partial charge in [0.2, 0.25) is 0 Å². The minimum Gasteiger partial charge on any atom is -0.380 e. The summed E-state index contributed by atoms with van der Waals surface area (Å²) in [6.45, 7) is 7.91. The molecule has 1 atom stereocenters. The van der Waals surface area contributed by atoms with E-state index in [1.54, 1.807) is 18.4 Å². The van der Waals surface area contributed by atoms with Gasteiger partial charge in [-0.15, -0.1) is 11.3 Å². The number of thiazole rings is 1. The predicted octanol–water partition coefficient (Wildman–Crippen LogP) is 2.14. The molecule has 2 rings (SSSR count). The predicted molar refractivity (Wildman–Crippen MR) is 70.7 cm³/mol. The lowest BCUT2D eigenvalue weighted by Crippen LogP contribution is -2.26. The lowest BCUT2D eigenvalue weighted by Gasteiger charge is -2.10. The van der Waals surface area contributed by atoms with E-state index >= 15 is 0 Å². The number of nitrogens with one attached hydrogen (secondary N) is 1. The summed E-state index contributed by atoms with van der Waals surface area (Å²) in [6.07, 6.45) is 2.39. The molecule has 4 nitrogen and oxygen atoms in total. The summed E-state index contributed by atoms with van der Waals surface area (Å²) in [4.78, 5) is 6.93. The molecule has 0 fully saturated rings. The molecular weight excluding hydrogens is 234 g/mol. The van der Waals surface area contributed by atoms with Gasteiger partial charge in [0.05, 0.1) is 17.5 Å². The van der Waals surface area contributed by atoms with Crippen molar-refractivity contribution in [1.82, 2.24) is 14.7 Å². The minimum absolute atomic E-state index is 0.239. The average Bonchev–Trinajstić information content (AvgIpc) is 2.76. The van der Waals surface area contributed by atoms with Crippen LogP contribution in [-0.2, 0) is 11.3 Å². The van der Waals surface area contributed by atoms with Crippen LogP contribution < -0.4 is 5.32 Å². The first-order valence-electron chi connectivity index (χ1n) is 5.79. The van der Waals surface area contributed by atoms with Crippen molar-refractivity contribution in [3.63, 3.8) is 0 Å². The van der Waals surface area contributed by atoms with Gasteiger partial charge in [-0.25, -0.2) is 4.98 Å². The Balaban J connectivity index is 2.09. The highest BCUT2D eigenvalue weighted by molar-refractivity contribution is 7.17. The first-order valence-corrected chi connectivity index (χ1v) is 6.61. The van der Waals surface area contributed by atoms with Crippen LogP contribution in [0.1, 0.15) is 23.2 Å². The van der Waals surface area contributed by atoms with E-state index in [-0.39, 0.29) is 6.10 Å². The molecule has 0 aromatic carbocycles. The summed E-state index contributed by atoms with van der Waals surface area (Å²) >= 11 is 1.73. The molecule has 1 N–H and O–H groups in total. The van der Waals surface area contributed by atoms with Crippen molar-refractivity contribution in [2.45, 2.75) is 33.4 Å². The summed E-state index contributed by atoms with van der Waals surface area (Å²) in [6, 6.07) is 0. The molecular formula is C12H19N3OS. The molecule has 2 heterocycles. The van der Waals surface area contributed by atoms with E-state index < -0.39 is 0 Å². The monoisotopic (exact) mass is 253 g/mol. The molecule has 1 unspecified atom stereocenters. The topological polar surface area (TPSA) is 38.6 Å². The molecule has 0 aliphatic carbocycles. The van der Waals surface area contributed by atoms with E-state index in [0.29, 0.717) is 0 Å². The Labute approximate surface area is 106 Å². The largest absolute Gasteiger partial charge is 0.380 e. The van der Waals surface area contributed by atoms with Crippen molar-refractivity contribution in [2.24, 2.45) is 0 Å². The Hall–Kier alpha value is -0.910. The number of imidazole rings is 1. The van der Waals surface area contributed by atoms with Crippen LogP contribution in [-0.4, -0.2) is 29.1 Å². The number of fused-ring (bicyclic) bond motifs is 1. The summed E-state index contributed by atoms with van der Waals surface area (Å²) in [5.74, 6) is 0. The van der Waals surface area contributed by atoms with E-state index in [1.165, 1.54) is 10.6 Å². The van der Waals surface area contributed by atoms with Gasteiger partial charge in [0, 0.05) is 31.3 Å². The molecule has 5 heteroatoms. The molecule has 0 saturated heterocycles. The Bertz CT molecular complexity index is 503. The van der Waals surface area contributed by atoms with Gasteiger partial charge in [-0.1, -0.05) is 0 Å². The maximum absolute atomic E-state index is 5.21. The average molecular weight is 253 g/mol. The van der Waals surface area contributed by atoms with Crippen LogP contribution in [0.2, 0.25) is 0 Å². The van der Waals surface area contributed by atoms with Gasteiger partial charge < -0.3 is 10.1 Å². The number of hydrogen-bond donors (Lipinski definition) is 1. The van der Waals surface area contributed by atoms with Crippen LogP contribution in [0.5, 0.6) is 0 Å². The summed E-state index contributed by atoms with van der Waals surface area (Å²) in [7, 11) is 1.73. The van der Waals surface area contributed by atoms with Gasteiger partial charge in [0.1, 0.15) is 0 Å². The van der Waals surface area contributed by atoms with Crippen LogP contribution in [0, 0.1) is 13.8 Å². The second-order valence-electron chi connectivity index (χ2n) is 4.32. The third kappa shape index (κ3) is 2.68. The third-order valence-corrected chi connectivity index (χ3v) is 3.77. The molecule has 0 amide bonds. The number of hydrogen-bond acceptors (Lipinski definition) is 4. The summed E-state index contributed by atoms with van der Waals surface area (Å²) in [5, 5.41) is 3.40. The number of methoxy groups -OCH3 is 1. The zero-order valence-corrected chi connectivity index (χ0v) is 11.6. The Morgan fingerprint density at radius 3 is 3.00 bits per heavy atom. The molecule has 0 saturated carbocycles. The van der Waals surface area contributed by atoms with E-state index in [9.17, 15) is 0 Å². The highest BCUT2D eigenvalue weighted by atomic mass is 32.1. The Morgan fingerprint density at radius 1 is 1.53 bits per heavy atom. The van der Waals surface area contributed by atoms with Crippen molar-refractivity contribution >= 4 is 16.3 Å². The fourth-order valence-corrected chi connectivity index (χ4v) is 2.69. The molecule has 0 radical (unpaired) electrons. The van der Waals surface area contributed by atoms with E-state index in [0.717, 1.165) is 23.7 Å². The third-order valence-electron chi connectivity index (χ3n) is 2.87. The van der Waals surface area contributed by atoms with Crippen molar-refractivity contribution in [2.75, 3.05) is 13.7 Å². The zero-order chi connectivity index (χ0) is 12.4. The zero-order valence-electron chi connectivity index (χ0n) is 10.8. The first kappa shape index (κ1) is 12.5. The van der Waals surface area contributed by atoms with Gasteiger partial charge in [0.15, 0.2) is 4.96 Å². The molecule has 0 bridgehead atoms. The fourth-order valence-electron chi connectivity index (χ4n) is 1.80. The van der Waals surface area contributed by atoms with Gasteiger partial charge in [0.25, 0.3) is 0 Å². The lowest BCUT2D eigenvalue weighted by molar-refractivity contribution is 0.117. The molecule has 0 spiro atoms. The number of ether oxygens (including phenoxy) is 1. The number of rotatable bonds is 5. The first-order chi connectivity index (χ1) is 8.11. The summed E-state index contributed by atoms with van der Waals surface area (Å²) in [5.41, 5.74) is 2.35. The Morgan fingerprint density at radius 2 is 2.29 bits per heavy atom. The van der Waals surface area contributed by atoms with Crippen LogP contribution in [0.25, 0.3) is 4.96 Å². The minimum atomic E-state index is 0.239. The second-order valence-corrected chi connectivity index (χ2v) is 5.53. The van der Waals surface area contributed by atoms with E-state index in [4.69, 9.17) is 4.74 Å². The van der Waals surface area contributed by atoms with Crippen molar-refractivity contribution in [3.05, 3.63) is 22.5 Å². The van der Waals surface area contributed by atoms with Crippen LogP contribution in [0.3, 0.4) is 0 Å².